The first-order valence-corrected chi connectivity index (χ1v) is 10.4. The summed E-state index contributed by atoms with van der Waals surface area (Å²) in [5.74, 6) is 1.42. The number of hydrogen-bond donors (Lipinski definition) is 0. The second kappa shape index (κ2) is 10.1. The third kappa shape index (κ3) is 5.05. The van der Waals surface area contributed by atoms with Gasteiger partial charge in [-0.2, -0.15) is 5.26 Å². The average molecular weight is 419 g/mol. The van der Waals surface area contributed by atoms with Crippen LogP contribution in [-0.4, -0.2) is 56.6 Å². The van der Waals surface area contributed by atoms with Crippen molar-refractivity contribution in [3.05, 3.63) is 53.7 Å². The van der Waals surface area contributed by atoms with E-state index in [-0.39, 0.29) is 0 Å². The van der Waals surface area contributed by atoms with E-state index in [2.05, 4.69) is 16.1 Å². The van der Waals surface area contributed by atoms with Crippen LogP contribution in [0.3, 0.4) is 0 Å². The number of aromatic nitrogens is 1. The van der Waals surface area contributed by atoms with Crippen molar-refractivity contribution < 1.29 is 18.7 Å². The van der Waals surface area contributed by atoms with Gasteiger partial charge in [0.25, 0.3) is 0 Å². The number of rotatable bonds is 8. The zero-order valence-electron chi connectivity index (χ0n) is 17.5. The van der Waals surface area contributed by atoms with E-state index in [9.17, 15) is 5.26 Å². The number of methoxy groups -OCH3 is 1. The van der Waals surface area contributed by atoms with Gasteiger partial charge in [0, 0.05) is 25.2 Å². The van der Waals surface area contributed by atoms with Gasteiger partial charge in [-0.1, -0.05) is 23.4 Å². The molecular weight excluding hydrogens is 394 g/mol. The molecule has 2 heterocycles. The Morgan fingerprint density at radius 2 is 2.06 bits per heavy atom. The van der Waals surface area contributed by atoms with Crippen LogP contribution in [0.25, 0.3) is 22.6 Å². The largest absolute Gasteiger partial charge is 0.497 e. The van der Waals surface area contributed by atoms with Gasteiger partial charge in [-0.15, -0.1) is 0 Å². The summed E-state index contributed by atoms with van der Waals surface area (Å²) in [4.78, 5) is 2.39. The predicted octanol–water partition coefficient (Wildman–Crippen LogP) is 4.00. The lowest BCUT2D eigenvalue weighted by Crippen LogP contribution is -2.37. The maximum atomic E-state index is 9.81. The molecule has 0 unspecified atom stereocenters. The SMILES string of the molecule is COc1ccc2onc(/C(C#N)=C/c3ccccc3OCCCN3CCOCC3)c2c1. The maximum absolute atomic E-state index is 9.81. The number of nitriles is 1. The van der Waals surface area contributed by atoms with Gasteiger partial charge in [-0.25, -0.2) is 0 Å². The standard InChI is InChI=1S/C24H25N3O4/c1-28-20-7-8-23-21(16-20)24(26-31-23)19(17-25)15-18-5-2-3-6-22(18)30-12-4-9-27-10-13-29-14-11-27/h2-3,5-8,15-16H,4,9-14H2,1H3/b19-15+. The molecule has 4 rings (SSSR count). The topological polar surface area (TPSA) is 80.8 Å². The van der Waals surface area contributed by atoms with Crippen LogP contribution in [0.1, 0.15) is 17.7 Å². The minimum absolute atomic E-state index is 0.399. The highest BCUT2D eigenvalue weighted by Crippen LogP contribution is 2.30. The van der Waals surface area contributed by atoms with Crippen molar-refractivity contribution >= 4 is 22.6 Å². The molecule has 0 amide bonds. The molecule has 0 bridgehead atoms. The second-order valence-corrected chi connectivity index (χ2v) is 7.26. The third-order valence-corrected chi connectivity index (χ3v) is 5.25. The fourth-order valence-electron chi connectivity index (χ4n) is 3.57. The van der Waals surface area contributed by atoms with Gasteiger partial charge in [0.1, 0.15) is 23.3 Å². The van der Waals surface area contributed by atoms with Gasteiger partial charge < -0.3 is 18.7 Å². The number of ether oxygens (including phenoxy) is 3. The van der Waals surface area contributed by atoms with Crippen molar-refractivity contribution in [2.45, 2.75) is 6.42 Å². The summed E-state index contributed by atoms with van der Waals surface area (Å²) in [5.41, 5.74) is 2.31. The molecule has 0 atom stereocenters. The Balaban J connectivity index is 1.50. The number of nitrogens with zero attached hydrogens (tertiary/aromatic N) is 3. The number of morpholine rings is 1. The van der Waals surface area contributed by atoms with Crippen LogP contribution in [0.5, 0.6) is 11.5 Å². The molecule has 0 spiro atoms. The van der Waals surface area contributed by atoms with Crippen LogP contribution in [0.15, 0.2) is 47.0 Å². The number of benzene rings is 2. The van der Waals surface area contributed by atoms with Crippen molar-refractivity contribution in [1.29, 1.82) is 5.26 Å². The van der Waals surface area contributed by atoms with E-state index in [4.69, 9.17) is 18.7 Å². The number of allylic oxidation sites excluding steroid dienone is 1. The lowest BCUT2D eigenvalue weighted by atomic mass is 10.1. The van der Waals surface area contributed by atoms with Crippen molar-refractivity contribution in [1.82, 2.24) is 10.1 Å². The summed E-state index contributed by atoms with van der Waals surface area (Å²) < 4.78 is 22.1. The molecule has 1 aliphatic heterocycles. The Hall–Kier alpha value is -3.34. The Kier molecular flexibility index (Phi) is 6.82. The van der Waals surface area contributed by atoms with Crippen LogP contribution in [0, 0.1) is 11.3 Å². The summed E-state index contributed by atoms with van der Waals surface area (Å²) in [7, 11) is 1.60. The van der Waals surface area contributed by atoms with E-state index in [1.54, 1.807) is 25.3 Å². The van der Waals surface area contributed by atoms with Gasteiger partial charge in [-0.3, -0.25) is 4.90 Å². The van der Waals surface area contributed by atoms with Crippen LogP contribution in [-0.2, 0) is 4.74 Å². The highest BCUT2D eigenvalue weighted by molar-refractivity contribution is 5.99. The summed E-state index contributed by atoms with van der Waals surface area (Å²) in [6.45, 7) is 5.14. The zero-order chi connectivity index (χ0) is 21.5. The van der Waals surface area contributed by atoms with Crippen LogP contribution < -0.4 is 9.47 Å². The molecule has 0 N–H and O–H groups in total. The molecule has 1 aromatic heterocycles. The van der Waals surface area contributed by atoms with Crippen molar-refractivity contribution in [2.75, 3.05) is 46.6 Å². The number of para-hydroxylation sites is 1. The smallest absolute Gasteiger partial charge is 0.167 e. The van der Waals surface area contributed by atoms with E-state index in [0.29, 0.717) is 29.2 Å². The molecule has 7 nitrogen and oxygen atoms in total. The highest BCUT2D eigenvalue weighted by Gasteiger charge is 2.15. The minimum Gasteiger partial charge on any atom is -0.497 e. The monoisotopic (exact) mass is 419 g/mol. The Morgan fingerprint density at radius 3 is 2.87 bits per heavy atom. The molecular formula is C24H25N3O4. The van der Waals surface area contributed by atoms with Crippen LogP contribution >= 0.6 is 0 Å². The molecule has 1 fully saturated rings. The average Bonchev–Trinajstić information content (AvgIpc) is 3.24. The molecule has 160 valence electrons. The van der Waals surface area contributed by atoms with Gasteiger partial charge in [0.05, 0.1) is 37.9 Å². The molecule has 2 aromatic carbocycles. The maximum Gasteiger partial charge on any atom is 0.167 e. The van der Waals surface area contributed by atoms with Gasteiger partial charge in [0.2, 0.25) is 0 Å². The molecule has 1 aliphatic rings. The zero-order valence-corrected chi connectivity index (χ0v) is 17.5. The number of fused-ring (bicyclic) bond motifs is 1. The van der Waals surface area contributed by atoms with E-state index in [1.165, 1.54) is 0 Å². The Labute approximate surface area is 181 Å². The first-order chi connectivity index (χ1) is 15.3. The molecule has 31 heavy (non-hydrogen) atoms. The lowest BCUT2D eigenvalue weighted by Gasteiger charge is -2.26. The van der Waals surface area contributed by atoms with Gasteiger partial charge in [0.15, 0.2) is 5.58 Å². The molecule has 0 radical (unpaired) electrons. The summed E-state index contributed by atoms with van der Waals surface area (Å²) in [5, 5.41) is 14.7. The minimum atomic E-state index is 0.399. The second-order valence-electron chi connectivity index (χ2n) is 7.26. The fourth-order valence-corrected chi connectivity index (χ4v) is 3.57. The van der Waals surface area contributed by atoms with Crippen LogP contribution in [0.4, 0.5) is 0 Å². The predicted molar refractivity (Wildman–Crippen MR) is 118 cm³/mol. The van der Waals surface area contributed by atoms with Crippen molar-refractivity contribution in [2.24, 2.45) is 0 Å². The normalized spacial score (nSPS) is 15.0. The summed E-state index contributed by atoms with van der Waals surface area (Å²) in [6.07, 6.45) is 2.71. The van der Waals surface area contributed by atoms with E-state index < -0.39 is 0 Å². The van der Waals surface area contributed by atoms with E-state index in [0.717, 1.165) is 56.0 Å². The van der Waals surface area contributed by atoms with Crippen molar-refractivity contribution in [3.63, 3.8) is 0 Å². The molecule has 0 aliphatic carbocycles. The van der Waals surface area contributed by atoms with Gasteiger partial charge in [-0.05, 0) is 36.8 Å². The molecule has 3 aromatic rings. The number of hydrogen-bond acceptors (Lipinski definition) is 7. The van der Waals surface area contributed by atoms with Crippen LogP contribution in [0.2, 0.25) is 0 Å². The first-order valence-electron chi connectivity index (χ1n) is 10.4. The van der Waals surface area contributed by atoms with E-state index >= 15 is 0 Å². The molecule has 0 saturated carbocycles. The van der Waals surface area contributed by atoms with Crippen molar-refractivity contribution in [3.8, 4) is 17.6 Å². The first kappa shape index (κ1) is 20.9. The van der Waals surface area contributed by atoms with Gasteiger partial charge >= 0.3 is 0 Å². The quantitative estimate of drug-likeness (QED) is 0.403. The Morgan fingerprint density at radius 1 is 1.23 bits per heavy atom. The fraction of sp³-hybridized carbons (Fsp3) is 0.333. The summed E-state index contributed by atoms with van der Waals surface area (Å²) in [6, 6.07) is 15.3. The Bertz CT molecular complexity index is 1090. The molecule has 7 heteroatoms. The third-order valence-electron chi connectivity index (χ3n) is 5.25. The summed E-state index contributed by atoms with van der Waals surface area (Å²) >= 11 is 0. The lowest BCUT2D eigenvalue weighted by molar-refractivity contribution is 0.0358. The highest BCUT2D eigenvalue weighted by atomic mass is 16.5. The van der Waals surface area contributed by atoms with E-state index in [1.807, 2.05) is 30.3 Å². The molecule has 1 saturated heterocycles.